The van der Waals surface area contributed by atoms with Crippen LogP contribution in [0.2, 0.25) is 0 Å². The summed E-state index contributed by atoms with van der Waals surface area (Å²) in [5.41, 5.74) is -0.275. The van der Waals surface area contributed by atoms with Crippen molar-refractivity contribution < 1.29 is 4.79 Å². The van der Waals surface area contributed by atoms with Crippen molar-refractivity contribution in [3.8, 4) is 0 Å². The van der Waals surface area contributed by atoms with Crippen LogP contribution in [-0.4, -0.2) is 23.5 Å². The maximum atomic E-state index is 12.3. The summed E-state index contributed by atoms with van der Waals surface area (Å²) in [4.78, 5) is 12.3. The Morgan fingerprint density at radius 2 is 1.75 bits per heavy atom. The molecule has 2 rings (SSSR count). The van der Waals surface area contributed by atoms with Gasteiger partial charge in [-0.2, -0.15) is 0 Å². The van der Waals surface area contributed by atoms with Gasteiger partial charge in [0.25, 0.3) is 0 Å². The van der Waals surface area contributed by atoms with Crippen LogP contribution in [0.1, 0.15) is 58.8 Å². The second-order valence-electron chi connectivity index (χ2n) is 5.94. The van der Waals surface area contributed by atoms with Crippen LogP contribution in [0.3, 0.4) is 0 Å². The summed E-state index contributed by atoms with van der Waals surface area (Å²) in [6, 6.07) is 0. The molecule has 1 aliphatic carbocycles. The van der Waals surface area contributed by atoms with Crippen molar-refractivity contribution in [3.05, 3.63) is 0 Å². The van der Waals surface area contributed by atoms with Gasteiger partial charge in [-0.05, 0) is 46.1 Å². The fourth-order valence-electron chi connectivity index (χ4n) is 2.96. The molecule has 0 aromatic heterocycles. The first-order valence-corrected chi connectivity index (χ1v) is 6.62. The lowest BCUT2D eigenvalue weighted by atomic mass is 9.82. The Bertz CT molecular complexity index is 263. The summed E-state index contributed by atoms with van der Waals surface area (Å²) in [6.07, 6.45) is 8.17. The minimum absolute atomic E-state index is 0.0443. The minimum atomic E-state index is -0.319. The third kappa shape index (κ3) is 2.40. The number of carbonyl (C=O) groups is 1. The van der Waals surface area contributed by atoms with Crippen molar-refractivity contribution in [2.45, 2.75) is 69.9 Å². The van der Waals surface area contributed by atoms with E-state index in [4.69, 9.17) is 0 Å². The van der Waals surface area contributed by atoms with Crippen LogP contribution in [0, 0.1) is 0 Å². The van der Waals surface area contributed by atoms with Crippen molar-refractivity contribution in [1.82, 2.24) is 10.6 Å². The SMILES string of the molecule is CC1(NC(=O)C2(C)CCCN2)CCCCC1. The molecule has 2 fully saturated rings. The van der Waals surface area contributed by atoms with Gasteiger partial charge in [-0.3, -0.25) is 4.79 Å². The predicted octanol–water partition coefficient (Wildman–Crippen LogP) is 1.97. The first kappa shape index (κ1) is 11.9. The summed E-state index contributed by atoms with van der Waals surface area (Å²) in [5.74, 6) is 0.203. The fourth-order valence-corrected chi connectivity index (χ4v) is 2.96. The predicted molar refractivity (Wildman–Crippen MR) is 65.3 cm³/mol. The third-order valence-electron chi connectivity index (χ3n) is 4.24. The summed E-state index contributed by atoms with van der Waals surface area (Å²) >= 11 is 0. The molecule has 0 radical (unpaired) electrons. The average Bonchev–Trinajstić information content (AvgIpc) is 2.67. The molecular weight excluding hydrogens is 200 g/mol. The van der Waals surface area contributed by atoms with E-state index in [9.17, 15) is 4.79 Å². The van der Waals surface area contributed by atoms with Gasteiger partial charge in [0.1, 0.15) is 0 Å². The highest BCUT2D eigenvalue weighted by atomic mass is 16.2. The van der Waals surface area contributed by atoms with Gasteiger partial charge in [0.15, 0.2) is 0 Å². The van der Waals surface area contributed by atoms with Gasteiger partial charge in [-0.1, -0.05) is 19.3 Å². The van der Waals surface area contributed by atoms with Crippen LogP contribution >= 0.6 is 0 Å². The third-order valence-corrected chi connectivity index (χ3v) is 4.24. The number of hydrogen-bond donors (Lipinski definition) is 2. The molecule has 1 unspecified atom stereocenters. The fraction of sp³-hybridized carbons (Fsp3) is 0.923. The molecule has 92 valence electrons. The molecule has 0 aromatic carbocycles. The molecule has 1 amide bonds. The lowest BCUT2D eigenvalue weighted by Gasteiger charge is -2.37. The lowest BCUT2D eigenvalue weighted by Crippen LogP contribution is -2.58. The topological polar surface area (TPSA) is 41.1 Å². The Morgan fingerprint density at radius 3 is 2.31 bits per heavy atom. The second-order valence-corrected chi connectivity index (χ2v) is 5.94. The van der Waals surface area contributed by atoms with Crippen LogP contribution in [0.15, 0.2) is 0 Å². The van der Waals surface area contributed by atoms with Crippen molar-refractivity contribution in [1.29, 1.82) is 0 Å². The molecule has 2 N–H and O–H groups in total. The van der Waals surface area contributed by atoms with Gasteiger partial charge in [0.2, 0.25) is 5.91 Å². The molecule has 0 aromatic rings. The number of rotatable bonds is 2. The van der Waals surface area contributed by atoms with E-state index in [0.717, 1.165) is 32.2 Å². The van der Waals surface area contributed by atoms with Gasteiger partial charge in [0.05, 0.1) is 5.54 Å². The van der Waals surface area contributed by atoms with Gasteiger partial charge < -0.3 is 10.6 Å². The Morgan fingerprint density at radius 1 is 1.06 bits per heavy atom. The first-order valence-electron chi connectivity index (χ1n) is 6.62. The number of carbonyl (C=O) groups excluding carboxylic acids is 1. The zero-order chi connectivity index (χ0) is 11.6. The normalized spacial score (nSPS) is 33.6. The number of hydrogen-bond acceptors (Lipinski definition) is 2. The molecule has 2 aliphatic rings. The molecule has 16 heavy (non-hydrogen) atoms. The van der Waals surface area contributed by atoms with E-state index in [1.807, 2.05) is 6.92 Å². The highest BCUT2D eigenvalue weighted by Gasteiger charge is 2.39. The highest BCUT2D eigenvalue weighted by Crippen LogP contribution is 2.29. The van der Waals surface area contributed by atoms with Crippen LogP contribution in [0.25, 0.3) is 0 Å². The molecule has 1 saturated heterocycles. The van der Waals surface area contributed by atoms with Gasteiger partial charge in [-0.15, -0.1) is 0 Å². The van der Waals surface area contributed by atoms with Gasteiger partial charge >= 0.3 is 0 Å². The molecule has 1 atom stereocenters. The smallest absolute Gasteiger partial charge is 0.240 e. The molecular formula is C13H24N2O. The molecule has 0 bridgehead atoms. The van der Waals surface area contributed by atoms with E-state index in [-0.39, 0.29) is 17.0 Å². The van der Waals surface area contributed by atoms with E-state index in [2.05, 4.69) is 17.6 Å². The van der Waals surface area contributed by atoms with Gasteiger partial charge in [-0.25, -0.2) is 0 Å². The number of amides is 1. The molecule has 0 spiro atoms. The largest absolute Gasteiger partial charge is 0.349 e. The van der Waals surface area contributed by atoms with Gasteiger partial charge in [0, 0.05) is 5.54 Å². The van der Waals surface area contributed by atoms with Crippen LogP contribution in [-0.2, 0) is 4.79 Å². The number of nitrogens with one attached hydrogen (secondary N) is 2. The summed E-state index contributed by atoms with van der Waals surface area (Å²) < 4.78 is 0. The van der Waals surface area contributed by atoms with Crippen LogP contribution in [0.4, 0.5) is 0 Å². The second kappa shape index (κ2) is 4.36. The summed E-state index contributed by atoms with van der Waals surface area (Å²) in [6.45, 7) is 5.20. The summed E-state index contributed by atoms with van der Waals surface area (Å²) in [5, 5.41) is 6.60. The quantitative estimate of drug-likeness (QED) is 0.753. The van der Waals surface area contributed by atoms with E-state index in [0.29, 0.717) is 0 Å². The zero-order valence-electron chi connectivity index (χ0n) is 10.6. The monoisotopic (exact) mass is 224 g/mol. The Labute approximate surface area is 98.4 Å². The Hall–Kier alpha value is -0.570. The maximum Gasteiger partial charge on any atom is 0.240 e. The molecule has 1 heterocycles. The highest BCUT2D eigenvalue weighted by molar-refractivity contribution is 5.86. The lowest BCUT2D eigenvalue weighted by molar-refractivity contribution is -0.128. The molecule has 3 heteroatoms. The van der Waals surface area contributed by atoms with Crippen molar-refractivity contribution in [2.75, 3.05) is 6.54 Å². The molecule has 3 nitrogen and oxygen atoms in total. The Kier molecular flexibility index (Phi) is 3.24. The first-order chi connectivity index (χ1) is 7.54. The van der Waals surface area contributed by atoms with Crippen LogP contribution in [0.5, 0.6) is 0 Å². The Balaban J connectivity index is 1.95. The van der Waals surface area contributed by atoms with E-state index < -0.39 is 0 Å². The van der Waals surface area contributed by atoms with Crippen LogP contribution < -0.4 is 10.6 Å². The van der Waals surface area contributed by atoms with E-state index >= 15 is 0 Å². The maximum absolute atomic E-state index is 12.3. The molecule has 1 aliphatic heterocycles. The van der Waals surface area contributed by atoms with E-state index in [1.54, 1.807) is 0 Å². The average molecular weight is 224 g/mol. The summed E-state index contributed by atoms with van der Waals surface area (Å²) in [7, 11) is 0. The van der Waals surface area contributed by atoms with Crippen molar-refractivity contribution >= 4 is 5.91 Å². The van der Waals surface area contributed by atoms with E-state index in [1.165, 1.54) is 19.3 Å². The standard InChI is InChI=1S/C13H24N2O/c1-12(7-4-3-5-8-12)15-11(16)13(2)9-6-10-14-13/h14H,3-10H2,1-2H3,(H,15,16). The van der Waals surface area contributed by atoms with Crippen molar-refractivity contribution in [3.63, 3.8) is 0 Å². The zero-order valence-corrected chi connectivity index (χ0v) is 10.6. The van der Waals surface area contributed by atoms with Crippen molar-refractivity contribution in [2.24, 2.45) is 0 Å². The molecule has 1 saturated carbocycles. The minimum Gasteiger partial charge on any atom is -0.349 e.